The molecule has 0 aromatic carbocycles. The second kappa shape index (κ2) is 7.39. The van der Waals surface area contributed by atoms with Gasteiger partial charge in [0.1, 0.15) is 5.54 Å². The molecule has 1 spiro atoms. The van der Waals surface area contributed by atoms with Gasteiger partial charge >= 0.3 is 6.03 Å². The molecule has 126 valence electrons. The Morgan fingerprint density at radius 1 is 1.27 bits per heavy atom. The standard InChI is InChI=1S/C15H28N4O3/c1-12(2)11-18-6-3-15(4-7-18)13(20)19(14(21)17-15)8-10-22-9-5-16/h12H,3-11,16H2,1-2H3,(H,17,21). The van der Waals surface area contributed by atoms with E-state index in [4.69, 9.17) is 10.5 Å². The van der Waals surface area contributed by atoms with E-state index in [0.29, 0.717) is 45.1 Å². The molecule has 7 nitrogen and oxygen atoms in total. The molecule has 2 rings (SSSR count). The third kappa shape index (κ3) is 3.77. The molecule has 0 aromatic heterocycles. The lowest BCUT2D eigenvalue weighted by Crippen LogP contribution is -2.55. The maximum Gasteiger partial charge on any atom is 0.325 e. The van der Waals surface area contributed by atoms with Gasteiger partial charge in [-0.25, -0.2) is 4.79 Å². The topological polar surface area (TPSA) is 87.9 Å². The van der Waals surface area contributed by atoms with Gasteiger partial charge in [-0.3, -0.25) is 9.69 Å². The van der Waals surface area contributed by atoms with E-state index in [0.717, 1.165) is 19.6 Å². The molecule has 2 aliphatic heterocycles. The zero-order chi connectivity index (χ0) is 16.2. The molecule has 2 fully saturated rings. The lowest BCUT2D eigenvalue weighted by molar-refractivity contribution is -0.133. The van der Waals surface area contributed by atoms with Gasteiger partial charge < -0.3 is 20.7 Å². The van der Waals surface area contributed by atoms with Crippen LogP contribution in [-0.2, 0) is 9.53 Å². The van der Waals surface area contributed by atoms with Gasteiger partial charge in [-0.1, -0.05) is 13.8 Å². The van der Waals surface area contributed by atoms with Gasteiger partial charge in [0.2, 0.25) is 0 Å². The molecular formula is C15H28N4O3. The number of imide groups is 1. The number of urea groups is 1. The van der Waals surface area contributed by atoms with Crippen molar-refractivity contribution in [1.82, 2.24) is 15.1 Å². The van der Waals surface area contributed by atoms with Crippen molar-refractivity contribution in [2.45, 2.75) is 32.2 Å². The lowest BCUT2D eigenvalue weighted by Gasteiger charge is -2.37. The summed E-state index contributed by atoms with van der Waals surface area (Å²) in [5, 5.41) is 2.91. The number of piperidine rings is 1. The molecule has 3 amide bonds. The van der Waals surface area contributed by atoms with Crippen molar-refractivity contribution in [2.75, 3.05) is 45.9 Å². The Bertz CT molecular complexity index is 406. The molecule has 2 heterocycles. The number of nitrogens with two attached hydrogens (primary N) is 1. The van der Waals surface area contributed by atoms with Crippen molar-refractivity contribution in [3.05, 3.63) is 0 Å². The zero-order valence-electron chi connectivity index (χ0n) is 13.6. The highest BCUT2D eigenvalue weighted by Crippen LogP contribution is 2.29. The molecule has 0 aromatic rings. The van der Waals surface area contributed by atoms with Crippen molar-refractivity contribution in [1.29, 1.82) is 0 Å². The molecule has 7 heteroatoms. The molecule has 0 atom stereocenters. The first-order valence-corrected chi connectivity index (χ1v) is 8.13. The van der Waals surface area contributed by atoms with E-state index in [9.17, 15) is 9.59 Å². The molecule has 0 aliphatic carbocycles. The number of likely N-dealkylation sites (tertiary alicyclic amines) is 1. The Balaban J connectivity index is 1.88. The van der Waals surface area contributed by atoms with E-state index in [-0.39, 0.29) is 11.9 Å². The first-order chi connectivity index (χ1) is 10.5. The van der Waals surface area contributed by atoms with Gasteiger partial charge in [0.05, 0.1) is 19.8 Å². The summed E-state index contributed by atoms with van der Waals surface area (Å²) in [7, 11) is 0. The minimum absolute atomic E-state index is 0.0990. The van der Waals surface area contributed by atoms with Crippen LogP contribution in [0.4, 0.5) is 4.79 Å². The first-order valence-electron chi connectivity index (χ1n) is 8.13. The SMILES string of the molecule is CC(C)CN1CCC2(CC1)NC(=O)N(CCOCCN)C2=O. The first kappa shape index (κ1) is 17.2. The maximum absolute atomic E-state index is 12.6. The predicted molar refractivity (Wildman–Crippen MR) is 83.4 cm³/mol. The molecule has 2 aliphatic rings. The number of nitrogens with zero attached hydrogens (tertiary/aromatic N) is 2. The summed E-state index contributed by atoms with van der Waals surface area (Å²) in [6.07, 6.45) is 1.37. The van der Waals surface area contributed by atoms with Gasteiger partial charge in [0.25, 0.3) is 5.91 Å². The highest BCUT2D eigenvalue weighted by Gasteiger charge is 2.51. The van der Waals surface area contributed by atoms with E-state index in [1.807, 2.05) is 0 Å². The normalized spacial score (nSPS) is 21.9. The number of carbonyl (C=O) groups is 2. The molecule has 0 saturated carbocycles. The highest BCUT2D eigenvalue weighted by atomic mass is 16.5. The number of hydrogen-bond acceptors (Lipinski definition) is 5. The van der Waals surface area contributed by atoms with Crippen molar-refractivity contribution >= 4 is 11.9 Å². The fourth-order valence-corrected chi connectivity index (χ4v) is 3.19. The molecule has 0 radical (unpaired) electrons. The molecule has 3 N–H and O–H groups in total. The molecular weight excluding hydrogens is 284 g/mol. The minimum atomic E-state index is -0.696. The van der Waals surface area contributed by atoms with Crippen molar-refractivity contribution in [2.24, 2.45) is 11.7 Å². The summed E-state index contributed by atoms with van der Waals surface area (Å²) >= 11 is 0. The smallest absolute Gasteiger partial charge is 0.325 e. The molecule has 2 saturated heterocycles. The summed E-state index contributed by atoms with van der Waals surface area (Å²) in [6, 6.07) is -0.293. The van der Waals surface area contributed by atoms with E-state index in [2.05, 4.69) is 24.1 Å². The Kier molecular flexibility index (Phi) is 5.77. The van der Waals surface area contributed by atoms with Crippen LogP contribution in [-0.4, -0.2) is 73.2 Å². The minimum Gasteiger partial charge on any atom is -0.378 e. The summed E-state index contributed by atoms with van der Waals surface area (Å²) in [4.78, 5) is 28.4. The lowest BCUT2D eigenvalue weighted by atomic mass is 9.87. The van der Waals surface area contributed by atoms with Gasteiger partial charge in [-0.05, 0) is 18.8 Å². The fourth-order valence-electron chi connectivity index (χ4n) is 3.19. The van der Waals surface area contributed by atoms with Crippen LogP contribution in [0.25, 0.3) is 0 Å². The number of ether oxygens (including phenoxy) is 1. The van der Waals surface area contributed by atoms with Crippen LogP contribution in [0.3, 0.4) is 0 Å². The van der Waals surface area contributed by atoms with Gasteiger partial charge in [-0.15, -0.1) is 0 Å². The Morgan fingerprint density at radius 3 is 2.55 bits per heavy atom. The fraction of sp³-hybridized carbons (Fsp3) is 0.867. The number of rotatable bonds is 7. The number of hydrogen-bond donors (Lipinski definition) is 2. The monoisotopic (exact) mass is 312 g/mol. The van der Waals surface area contributed by atoms with Crippen molar-refractivity contribution in [3.63, 3.8) is 0 Å². The predicted octanol–water partition coefficient (Wildman–Crippen LogP) is 0.00410. The summed E-state index contributed by atoms with van der Waals surface area (Å²) in [5.41, 5.74) is 4.65. The third-order valence-corrected chi connectivity index (χ3v) is 4.30. The molecule has 0 bridgehead atoms. The van der Waals surface area contributed by atoms with Gasteiger partial charge in [-0.2, -0.15) is 0 Å². The molecule has 22 heavy (non-hydrogen) atoms. The molecule has 0 unspecified atom stereocenters. The Labute approximate surface area is 132 Å². The van der Waals surface area contributed by atoms with Crippen LogP contribution in [0.2, 0.25) is 0 Å². The third-order valence-electron chi connectivity index (χ3n) is 4.30. The number of amides is 3. The van der Waals surface area contributed by atoms with E-state index in [1.165, 1.54) is 4.90 Å². The highest BCUT2D eigenvalue weighted by molar-refractivity contribution is 6.07. The van der Waals surface area contributed by atoms with Gasteiger partial charge in [0, 0.05) is 26.2 Å². The van der Waals surface area contributed by atoms with Crippen molar-refractivity contribution in [3.8, 4) is 0 Å². The van der Waals surface area contributed by atoms with E-state index >= 15 is 0 Å². The summed E-state index contributed by atoms with van der Waals surface area (Å²) in [5.74, 6) is 0.511. The van der Waals surface area contributed by atoms with E-state index < -0.39 is 5.54 Å². The van der Waals surface area contributed by atoms with Crippen LogP contribution in [0.15, 0.2) is 0 Å². The van der Waals surface area contributed by atoms with Crippen molar-refractivity contribution < 1.29 is 14.3 Å². The second-order valence-electron chi connectivity index (χ2n) is 6.56. The second-order valence-corrected chi connectivity index (χ2v) is 6.56. The zero-order valence-corrected chi connectivity index (χ0v) is 13.6. The largest absolute Gasteiger partial charge is 0.378 e. The maximum atomic E-state index is 12.6. The average Bonchev–Trinajstić information content (AvgIpc) is 2.69. The number of nitrogens with one attached hydrogen (secondary N) is 1. The Hall–Kier alpha value is -1.18. The van der Waals surface area contributed by atoms with Crippen LogP contribution in [0.1, 0.15) is 26.7 Å². The average molecular weight is 312 g/mol. The number of carbonyl (C=O) groups excluding carboxylic acids is 2. The quantitative estimate of drug-likeness (QED) is 0.510. The van der Waals surface area contributed by atoms with Crippen LogP contribution >= 0.6 is 0 Å². The van der Waals surface area contributed by atoms with Crippen LogP contribution in [0, 0.1) is 5.92 Å². The Morgan fingerprint density at radius 2 is 1.95 bits per heavy atom. The van der Waals surface area contributed by atoms with Crippen LogP contribution < -0.4 is 11.1 Å². The summed E-state index contributed by atoms with van der Waals surface area (Å²) < 4.78 is 5.27. The van der Waals surface area contributed by atoms with E-state index in [1.54, 1.807) is 0 Å². The van der Waals surface area contributed by atoms with Crippen LogP contribution in [0.5, 0.6) is 0 Å². The summed E-state index contributed by atoms with van der Waals surface area (Å²) in [6.45, 7) is 8.63. The van der Waals surface area contributed by atoms with Gasteiger partial charge in [0.15, 0.2) is 0 Å².